The Balaban J connectivity index is 1.43. The van der Waals surface area contributed by atoms with Crippen molar-refractivity contribution >= 4 is 23.4 Å². The number of carbonyl (C=O) groups excluding carboxylic acids is 2. The molecule has 1 saturated heterocycles. The van der Waals surface area contributed by atoms with E-state index in [1.807, 2.05) is 61.2 Å². The maximum Gasteiger partial charge on any atom is 0.251 e. The van der Waals surface area contributed by atoms with E-state index in [-0.39, 0.29) is 17.7 Å². The molecule has 182 valence electrons. The molecule has 0 aromatic heterocycles. The van der Waals surface area contributed by atoms with E-state index in [0.717, 1.165) is 12.8 Å². The van der Waals surface area contributed by atoms with Crippen molar-refractivity contribution in [1.29, 1.82) is 0 Å². The van der Waals surface area contributed by atoms with Gasteiger partial charge in [-0.1, -0.05) is 67.9 Å². The van der Waals surface area contributed by atoms with Gasteiger partial charge in [0.25, 0.3) is 5.91 Å². The molecule has 0 bridgehead atoms. The van der Waals surface area contributed by atoms with E-state index < -0.39 is 11.9 Å². The second kappa shape index (κ2) is 11.0. The highest BCUT2D eigenvalue weighted by molar-refractivity contribution is 6.30. The molecular weight excluding hydrogens is 463 g/mol. The van der Waals surface area contributed by atoms with Crippen molar-refractivity contribution in [3.63, 3.8) is 0 Å². The molecule has 1 N–H and O–H groups in total. The topological polar surface area (TPSA) is 49.4 Å². The highest BCUT2D eigenvalue weighted by atomic mass is 35.5. The number of halogens is 2. The van der Waals surface area contributed by atoms with Crippen LogP contribution in [0.3, 0.4) is 0 Å². The minimum atomic E-state index is -0.653. The van der Waals surface area contributed by atoms with Gasteiger partial charge < -0.3 is 10.2 Å². The molecule has 0 radical (unpaired) electrons. The lowest BCUT2D eigenvalue weighted by molar-refractivity contribution is -0.135. The number of benzene rings is 3. The number of nitrogens with one attached hydrogen (secondary N) is 1. The maximum atomic E-state index is 14.5. The minimum absolute atomic E-state index is 0.0756. The van der Waals surface area contributed by atoms with Crippen molar-refractivity contribution in [3.05, 3.63) is 94.8 Å². The molecule has 2 amide bonds. The second-order valence-corrected chi connectivity index (χ2v) is 9.84. The van der Waals surface area contributed by atoms with Crippen LogP contribution in [0.15, 0.2) is 72.8 Å². The number of carbonyl (C=O) groups is 2. The number of hydrogen-bond acceptors (Lipinski definition) is 2. The Morgan fingerprint density at radius 1 is 0.971 bits per heavy atom. The summed E-state index contributed by atoms with van der Waals surface area (Å²) in [5.74, 6) is -0.556. The molecule has 1 heterocycles. The lowest BCUT2D eigenvalue weighted by Crippen LogP contribution is -2.52. The number of hydrogen-bond donors (Lipinski definition) is 1. The maximum absolute atomic E-state index is 14.5. The van der Waals surface area contributed by atoms with Gasteiger partial charge in [0.15, 0.2) is 0 Å². The third-order valence-corrected chi connectivity index (χ3v) is 6.93. The molecule has 0 unspecified atom stereocenters. The van der Waals surface area contributed by atoms with Gasteiger partial charge in [-0.3, -0.25) is 9.59 Å². The molecule has 1 atom stereocenters. The molecule has 4 nitrogen and oxygen atoms in total. The van der Waals surface area contributed by atoms with Crippen molar-refractivity contribution in [2.45, 2.75) is 38.6 Å². The van der Waals surface area contributed by atoms with E-state index in [2.05, 4.69) is 5.32 Å². The van der Waals surface area contributed by atoms with Crippen LogP contribution in [-0.2, 0) is 4.79 Å². The number of likely N-dealkylation sites (tertiary alicyclic amines) is 1. The molecule has 1 aliphatic heterocycles. The van der Waals surface area contributed by atoms with Crippen LogP contribution < -0.4 is 5.32 Å². The first-order chi connectivity index (χ1) is 16.8. The molecular formula is C29H30ClFN2O2. The van der Waals surface area contributed by atoms with Crippen LogP contribution in [-0.4, -0.2) is 35.8 Å². The first kappa shape index (κ1) is 24.9. The summed E-state index contributed by atoms with van der Waals surface area (Å²) in [5.41, 5.74) is 2.61. The predicted molar refractivity (Wildman–Crippen MR) is 138 cm³/mol. The van der Waals surface area contributed by atoms with E-state index in [1.165, 1.54) is 17.7 Å². The van der Waals surface area contributed by atoms with Crippen molar-refractivity contribution in [2.75, 3.05) is 13.1 Å². The minimum Gasteiger partial charge on any atom is -0.341 e. The SMILES string of the molecule is CC(C)[C@@H](NC(=O)c1ccc(F)c(-c2ccccc2)c1)C(=O)N1CCC(c2ccc(Cl)cc2)CC1. The quantitative estimate of drug-likeness (QED) is 0.438. The molecule has 0 spiro atoms. The summed E-state index contributed by atoms with van der Waals surface area (Å²) in [4.78, 5) is 28.3. The van der Waals surface area contributed by atoms with Crippen LogP contribution in [0, 0.1) is 11.7 Å². The zero-order chi connectivity index (χ0) is 24.9. The van der Waals surface area contributed by atoms with Gasteiger partial charge in [-0.2, -0.15) is 0 Å². The van der Waals surface area contributed by atoms with Gasteiger partial charge in [-0.25, -0.2) is 4.39 Å². The monoisotopic (exact) mass is 492 g/mol. The Labute approximate surface area is 211 Å². The summed E-state index contributed by atoms with van der Waals surface area (Å²) >= 11 is 6.01. The second-order valence-electron chi connectivity index (χ2n) is 9.41. The van der Waals surface area contributed by atoms with Crippen LogP contribution >= 0.6 is 11.6 Å². The number of nitrogens with zero attached hydrogens (tertiary/aromatic N) is 1. The fourth-order valence-corrected chi connectivity index (χ4v) is 4.73. The Bertz CT molecular complexity index is 1170. The normalized spacial score (nSPS) is 15.2. The molecule has 1 aliphatic rings. The van der Waals surface area contributed by atoms with Crippen LogP contribution in [0.25, 0.3) is 11.1 Å². The lowest BCUT2D eigenvalue weighted by Gasteiger charge is -2.35. The van der Waals surface area contributed by atoms with Crippen LogP contribution in [0.4, 0.5) is 4.39 Å². The number of amides is 2. The molecule has 1 fully saturated rings. The van der Waals surface area contributed by atoms with E-state index >= 15 is 0 Å². The van der Waals surface area contributed by atoms with Gasteiger partial charge in [-0.05, 0) is 66.1 Å². The first-order valence-electron chi connectivity index (χ1n) is 12.0. The average molecular weight is 493 g/mol. The highest BCUT2D eigenvalue weighted by Gasteiger charge is 2.32. The van der Waals surface area contributed by atoms with Crippen molar-refractivity contribution < 1.29 is 14.0 Å². The van der Waals surface area contributed by atoms with E-state index in [0.29, 0.717) is 40.7 Å². The van der Waals surface area contributed by atoms with Gasteiger partial charge in [0.1, 0.15) is 11.9 Å². The van der Waals surface area contributed by atoms with Gasteiger partial charge in [-0.15, -0.1) is 0 Å². The van der Waals surface area contributed by atoms with Gasteiger partial charge in [0.05, 0.1) is 0 Å². The molecule has 0 aliphatic carbocycles. The van der Waals surface area contributed by atoms with Crippen molar-refractivity contribution in [2.24, 2.45) is 5.92 Å². The van der Waals surface area contributed by atoms with Gasteiger partial charge in [0.2, 0.25) is 5.91 Å². The molecule has 6 heteroatoms. The fraction of sp³-hybridized carbons (Fsp3) is 0.310. The third kappa shape index (κ3) is 5.91. The molecule has 0 saturated carbocycles. The van der Waals surface area contributed by atoms with Crippen molar-refractivity contribution in [3.8, 4) is 11.1 Å². The average Bonchev–Trinajstić information content (AvgIpc) is 2.88. The van der Waals surface area contributed by atoms with Crippen molar-refractivity contribution in [1.82, 2.24) is 10.2 Å². The highest BCUT2D eigenvalue weighted by Crippen LogP contribution is 2.29. The number of piperidine rings is 1. The van der Waals surface area contributed by atoms with E-state index in [9.17, 15) is 14.0 Å². The zero-order valence-electron chi connectivity index (χ0n) is 20.0. The molecule has 3 aromatic carbocycles. The van der Waals surface area contributed by atoms with E-state index in [1.54, 1.807) is 18.2 Å². The van der Waals surface area contributed by atoms with Gasteiger partial charge >= 0.3 is 0 Å². The van der Waals surface area contributed by atoms with Crippen LogP contribution in [0.2, 0.25) is 5.02 Å². The third-order valence-electron chi connectivity index (χ3n) is 6.68. The Morgan fingerprint density at radius 3 is 2.26 bits per heavy atom. The summed E-state index contributed by atoms with van der Waals surface area (Å²) in [7, 11) is 0. The van der Waals surface area contributed by atoms with Crippen LogP contribution in [0.1, 0.15) is 48.5 Å². The predicted octanol–water partition coefficient (Wildman–Crippen LogP) is 6.31. The molecule has 35 heavy (non-hydrogen) atoms. The molecule has 4 rings (SSSR count). The summed E-state index contributed by atoms with van der Waals surface area (Å²) in [6.07, 6.45) is 1.73. The van der Waals surface area contributed by atoms with Gasteiger partial charge in [0, 0.05) is 29.2 Å². The summed E-state index contributed by atoms with van der Waals surface area (Å²) in [6.45, 7) is 5.12. The molecule has 3 aromatic rings. The summed E-state index contributed by atoms with van der Waals surface area (Å²) in [5, 5.41) is 3.63. The number of rotatable bonds is 6. The Morgan fingerprint density at radius 2 is 1.63 bits per heavy atom. The summed E-state index contributed by atoms with van der Waals surface area (Å²) in [6, 6.07) is 20.6. The zero-order valence-corrected chi connectivity index (χ0v) is 20.8. The Kier molecular flexibility index (Phi) is 7.86. The standard InChI is InChI=1S/C29H30ClFN2O2/c1-19(2)27(29(35)33-16-14-21(15-17-33)20-8-11-24(30)12-9-20)32-28(34)23-10-13-26(31)25(18-23)22-6-4-3-5-7-22/h3-13,18-19,21,27H,14-17H2,1-2H3,(H,32,34)/t27-/m1/s1. The fourth-order valence-electron chi connectivity index (χ4n) is 4.61. The van der Waals surface area contributed by atoms with Crippen LogP contribution in [0.5, 0.6) is 0 Å². The Hall–Kier alpha value is -3.18. The largest absolute Gasteiger partial charge is 0.341 e. The summed E-state index contributed by atoms with van der Waals surface area (Å²) < 4.78 is 14.5. The van der Waals surface area contributed by atoms with E-state index in [4.69, 9.17) is 11.6 Å². The smallest absolute Gasteiger partial charge is 0.251 e. The first-order valence-corrected chi connectivity index (χ1v) is 12.4. The lowest BCUT2D eigenvalue weighted by atomic mass is 9.89.